The maximum atomic E-state index is 12.5. The first-order valence-electron chi connectivity index (χ1n) is 6.74. The minimum absolute atomic E-state index is 0.0711. The number of alkyl halides is 3. The first-order valence-corrected chi connectivity index (χ1v) is 6.74. The first kappa shape index (κ1) is 15.7. The molecule has 2 aromatic heterocycles. The maximum absolute atomic E-state index is 12.5. The van der Waals surface area contributed by atoms with Gasteiger partial charge in [0.1, 0.15) is 0 Å². The highest BCUT2D eigenvalue weighted by Crippen LogP contribution is 2.26. The van der Waals surface area contributed by atoms with Gasteiger partial charge in [-0.1, -0.05) is 18.2 Å². The number of aromatic nitrogens is 4. The molecule has 0 spiro atoms. The molecule has 0 saturated carbocycles. The van der Waals surface area contributed by atoms with Crippen LogP contribution in [0.3, 0.4) is 0 Å². The van der Waals surface area contributed by atoms with Crippen LogP contribution in [0.1, 0.15) is 16.1 Å². The molecule has 0 aliphatic heterocycles. The average Bonchev–Trinajstić information content (AvgIpc) is 3.05. The first-order chi connectivity index (χ1) is 11.4. The fraction of sp³-hybridized carbons (Fsp3) is 0.0667. The standard InChI is InChI=1S/C15H10F3N5O/c16-15(17,18)12-7-20-13(8-19-12)23-9-10(6-21-23)14(24)22-11-4-2-1-3-5-11/h1-9H,(H,22,24). The second-order valence-electron chi connectivity index (χ2n) is 4.75. The minimum Gasteiger partial charge on any atom is -0.322 e. The molecule has 0 bridgehead atoms. The lowest BCUT2D eigenvalue weighted by Gasteiger charge is -2.05. The summed E-state index contributed by atoms with van der Waals surface area (Å²) in [4.78, 5) is 19.1. The second kappa shape index (κ2) is 6.11. The third-order valence-corrected chi connectivity index (χ3v) is 3.04. The van der Waals surface area contributed by atoms with Gasteiger partial charge in [-0.3, -0.25) is 4.79 Å². The van der Waals surface area contributed by atoms with E-state index in [-0.39, 0.29) is 11.4 Å². The van der Waals surface area contributed by atoms with Crippen molar-refractivity contribution in [2.24, 2.45) is 0 Å². The van der Waals surface area contributed by atoms with Crippen molar-refractivity contribution < 1.29 is 18.0 Å². The lowest BCUT2D eigenvalue weighted by atomic mass is 10.3. The van der Waals surface area contributed by atoms with E-state index >= 15 is 0 Å². The Labute approximate surface area is 134 Å². The molecule has 1 amide bonds. The quantitative estimate of drug-likeness (QED) is 0.800. The number of carbonyl (C=O) groups is 1. The Morgan fingerprint density at radius 1 is 1.04 bits per heavy atom. The van der Waals surface area contributed by atoms with Crippen LogP contribution in [0.25, 0.3) is 5.82 Å². The predicted molar refractivity (Wildman–Crippen MR) is 78.6 cm³/mol. The molecule has 3 aromatic rings. The van der Waals surface area contributed by atoms with E-state index in [1.54, 1.807) is 24.3 Å². The second-order valence-corrected chi connectivity index (χ2v) is 4.75. The predicted octanol–water partition coefficient (Wildman–Crippen LogP) is 2.93. The van der Waals surface area contributed by atoms with Gasteiger partial charge in [-0.15, -0.1) is 0 Å². The number of benzene rings is 1. The van der Waals surface area contributed by atoms with E-state index in [0.29, 0.717) is 11.9 Å². The SMILES string of the molecule is O=C(Nc1ccccc1)c1cnn(-c2cnc(C(F)(F)F)cn2)c1. The van der Waals surface area contributed by atoms with Gasteiger partial charge in [0, 0.05) is 11.9 Å². The van der Waals surface area contributed by atoms with Gasteiger partial charge in [-0.2, -0.15) is 18.3 Å². The van der Waals surface area contributed by atoms with Gasteiger partial charge in [0.15, 0.2) is 11.5 Å². The highest BCUT2D eigenvalue weighted by molar-refractivity contribution is 6.03. The topological polar surface area (TPSA) is 72.7 Å². The largest absolute Gasteiger partial charge is 0.434 e. The van der Waals surface area contributed by atoms with Crippen molar-refractivity contribution in [3.63, 3.8) is 0 Å². The van der Waals surface area contributed by atoms with Crippen molar-refractivity contribution in [1.29, 1.82) is 0 Å². The number of para-hydroxylation sites is 1. The molecule has 1 aromatic carbocycles. The molecule has 0 aliphatic carbocycles. The number of carbonyl (C=O) groups excluding carboxylic acids is 1. The van der Waals surface area contributed by atoms with Crippen LogP contribution in [0.15, 0.2) is 55.1 Å². The number of anilines is 1. The fourth-order valence-corrected chi connectivity index (χ4v) is 1.88. The zero-order valence-corrected chi connectivity index (χ0v) is 12.0. The number of hydrogen-bond acceptors (Lipinski definition) is 4. The zero-order chi connectivity index (χ0) is 17.2. The average molecular weight is 333 g/mol. The number of amides is 1. The Bertz CT molecular complexity index is 844. The summed E-state index contributed by atoms with van der Waals surface area (Å²) in [5.41, 5.74) is -0.245. The lowest BCUT2D eigenvalue weighted by Crippen LogP contribution is -2.11. The Morgan fingerprint density at radius 3 is 2.42 bits per heavy atom. The van der Waals surface area contributed by atoms with Crippen LogP contribution >= 0.6 is 0 Å². The van der Waals surface area contributed by atoms with Gasteiger partial charge in [-0.05, 0) is 12.1 Å². The third-order valence-electron chi connectivity index (χ3n) is 3.04. The van der Waals surface area contributed by atoms with E-state index in [1.807, 2.05) is 6.07 Å². The zero-order valence-electron chi connectivity index (χ0n) is 12.0. The molecule has 1 N–H and O–H groups in total. The van der Waals surface area contributed by atoms with Gasteiger partial charge in [0.05, 0.1) is 24.2 Å². The highest BCUT2D eigenvalue weighted by Gasteiger charge is 2.32. The third kappa shape index (κ3) is 3.40. The van der Waals surface area contributed by atoms with Crippen LogP contribution < -0.4 is 5.32 Å². The molecule has 0 saturated heterocycles. The number of nitrogens with zero attached hydrogens (tertiary/aromatic N) is 4. The molecule has 9 heteroatoms. The monoisotopic (exact) mass is 333 g/mol. The molecule has 3 rings (SSSR count). The molecule has 0 aliphatic rings. The van der Waals surface area contributed by atoms with E-state index in [1.165, 1.54) is 17.1 Å². The molecule has 0 unspecified atom stereocenters. The minimum atomic E-state index is -4.56. The molecule has 24 heavy (non-hydrogen) atoms. The van der Waals surface area contributed by atoms with Crippen LogP contribution in [0.2, 0.25) is 0 Å². The molecule has 0 fully saturated rings. The summed E-state index contributed by atoms with van der Waals surface area (Å²) in [5.74, 6) is -0.325. The normalized spacial score (nSPS) is 11.3. The smallest absolute Gasteiger partial charge is 0.322 e. The van der Waals surface area contributed by atoms with Gasteiger partial charge < -0.3 is 5.32 Å². The van der Waals surface area contributed by atoms with Crippen LogP contribution in [0.5, 0.6) is 0 Å². The fourth-order valence-electron chi connectivity index (χ4n) is 1.88. The van der Waals surface area contributed by atoms with Crippen LogP contribution in [-0.2, 0) is 6.18 Å². The van der Waals surface area contributed by atoms with Crippen molar-refractivity contribution in [3.8, 4) is 5.82 Å². The van der Waals surface area contributed by atoms with E-state index in [9.17, 15) is 18.0 Å². The van der Waals surface area contributed by atoms with E-state index in [4.69, 9.17) is 0 Å². The Kier molecular flexibility index (Phi) is 3.98. The number of nitrogens with one attached hydrogen (secondary N) is 1. The van der Waals surface area contributed by atoms with Gasteiger partial charge >= 0.3 is 6.18 Å². The van der Waals surface area contributed by atoms with Gasteiger partial charge in [-0.25, -0.2) is 14.6 Å². The van der Waals surface area contributed by atoms with Crippen molar-refractivity contribution in [2.75, 3.05) is 5.32 Å². The summed E-state index contributed by atoms with van der Waals surface area (Å²) in [5, 5.41) is 6.59. The molecule has 0 atom stereocenters. The summed E-state index contributed by atoms with van der Waals surface area (Å²) >= 11 is 0. The van der Waals surface area contributed by atoms with Crippen molar-refractivity contribution in [2.45, 2.75) is 6.18 Å². The summed E-state index contributed by atoms with van der Waals surface area (Å²) in [7, 11) is 0. The van der Waals surface area contributed by atoms with E-state index < -0.39 is 17.8 Å². The molecule has 122 valence electrons. The Hall–Kier alpha value is -3.23. The van der Waals surface area contributed by atoms with Crippen LogP contribution in [0, 0.1) is 0 Å². The molecule has 0 radical (unpaired) electrons. The summed E-state index contributed by atoms with van der Waals surface area (Å²) < 4.78 is 38.6. The van der Waals surface area contributed by atoms with Gasteiger partial charge in [0.2, 0.25) is 0 Å². The summed E-state index contributed by atoms with van der Waals surface area (Å²) in [6, 6.07) is 8.82. The molecule has 6 nitrogen and oxygen atoms in total. The highest BCUT2D eigenvalue weighted by atomic mass is 19.4. The lowest BCUT2D eigenvalue weighted by molar-refractivity contribution is -0.141. The number of halogens is 3. The maximum Gasteiger partial charge on any atom is 0.434 e. The van der Waals surface area contributed by atoms with Crippen LogP contribution in [-0.4, -0.2) is 25.7 Å². The molecular weight excluding hydrogens is 323 g/mol. The number of hydrogen-bond donors (Lipinski definition) is 1. The van der Waals surface area contributed by atoms with Crippen LogP contribution in [0.4, 0.5) is 18.9 Å². The van der Waals surface area contributed by atoms with Crippen molar-refractivity contribution in [1.82, 2.24) is 19.7 Å². The van der Waals surface area contributed by atoms with Crippen molar-refractivity contribution in [3.05, 3.63) is 66.4 Å². The number of rotatable bonds is 3. The van der Waals surface area contributed by atoms with Gasteiger partial charge in [0.25, 0.3) is 5.91 Å². The van der Waals surface area contributed by atoms with Crippen molar-refractivity contribution >= 4 is 11.6 Å². The Balaban J connectivity index is 1.77. The van der Waals surface area contributed by atoms with E-state index in [0.717, 1.165) is 6.20 Å². The molecule has 2 heterocycles. The van der Waals surface area contributed by atoms with E-state index in [2.05, 4.69) is 20.4 Å². The Morgan fingerprint density at radius 2 is 1.79 bits per heavy atom. The molecular formula is C15H10F3N5O. The summed E-state index contributed by atoms with van der Waals surface area (Å²) in [6.07, 6.45) is -0.362. The summed E-state index contributed by atoms with van der Waals surface area (Å²) in [6.45, 7) is 0.